The van der Waals surface area contributed by atoms with Crippen molar-refractivity contribution in [3.8, 4) is 0 Å². The molecule has 0 aromatic rings. The lowest BCUT2D eigenvalue weighted by Gasteiger charge is -2.22. The molecule has 0 aromatic heterocycles. The van der Waals surface area contributed by atoms with Gasteiger partial charge in [-0.3, -0.25) is 0 Å². The molecular weight excluding hydrogens is 134 g/mol. The first-order valence-corrected chi connectivity index (χ1v) is 4.91. The van der Waals surface area contributed by atoms with E-state index in [2.05, 4.69) is 12.2 Å². The summed E-state index contributed by atoms with van der Waals surface area (Å²) in [6, 6.07) is 0. The average molecular weight is 155 g/mol. The van der Waals surface area contributed by atoms with Crippen molar-refractivity contribution < 1.29 is 0 Å². The molecule has 11 heavy (non-hydrogen) atoms. The molecule has 1 aliphatic rings. The third-order valence-electron chi connectivity index (χ3n) is 3.02. The van der Waals surface area contributed by atoms with Crippen LogP contribution in [-0.2, 0) is 0 Å². The van der Waals surface area contributed by atoms with E-state index in [9.17, 15) is 0 Å². The van der Waals surface area contributed by atoms with Crippen LogP contribution in [0.1, 0.15) is 45.4 Å². The lowest BCUT2D eigenvalue weighted by molar-refractivity contribution is 0.299. The summed E-state index contributed by atoms with van der Waals surface area (Å²) in [5.74, 6) is 0. The maximum Gasteiger partial charge on any atom is -0.00517 e. The number of hydrogen-bond donors (Lipinski definition) is 1. The number of rotatable bonds is 4. The van der Waals surface area contributed by atoms with E-state index in [0.717, 1.165) is 0 Å². The van der Waals surface area contributed by atoms with Gasteiger partial charge in [0.05, 0.1) is 0 Å². The van der Waals surface area contributed by atoms with Crippen LogP contribution in [0.2, 0.25) is 0 Å². The Morgan fingerprint density at radius 3 is 2.45 bits per heavy atom. The Bertz CT molecular complexity index is 103. The molecule has 1 saturated carbocycles. The molecule has 1 fully saturated rings. The van der Waals surface area contributed by atoms with Crippen LogP contribution >= 0.6 is 0 Å². The minimum atomic E-state index is 0.705. The highest BCUT2D eigenvalue weighted by atomic mass is 14.8. The Balaban J connectivity index is 2.13. The van der Waals surface area contributed by atoms with Crippen LogP contribution < -0.4 is 5.32 Å². The molecule has 1 nitrogen and oxygen atoms in total. The lowest BCUT2D eigenvalue weighted by Crippen LogP contribution is -2.15. The average Bonchev–Trinajstić information content (AvgIpc) is 2.38. The predicted molar refractivity (Wildman–Crippen MR) is 49.7 cm³/mol. The van der Waals surface area contributed by atoms with Gasteiger partial charge in [-0.05, 0) is 44.7 Å². The van der Waals surface area contributed by atoms with Crippen molar-refractivity contribution in [2.75, 3.05) is 13.6 Å². The summed E-state index contributed by atoms with van der Waals surface area (Å²) in [6.07, 6.45) is 8.65. The number of hydrogen-bond acceptors (Lipinski definition) is 1. The fourth-order valence-corrected chi connectivity index (χ4v) is 2.17. The number of nitrogens with one attached hydrogen (secondary N) is 1. The van der Waals surface area contributed by atoms with Crippen molar-refractivity contribution in [2.24, 2.45) is 5.41 Å². The van der Waals surface area contributed by atoms with Gasteiger partial charge in [-0.25, -0.2) is 0 Å². The molecule has 0 saturated heterocycles. The van der Waals surface area contributed by atoms with Crippen LogP contribution in [0.3, 0.4) is 0 Å². The smallest absolute Gasteiger partial charge is 0.00517 e. The first kappa shape index (κ1) is 9.05. The van der Waals surface area contributed by atoms with E-state index < -0.39 is 0 Å². The second-order valence-corrected chi connectivity index (χ2v) is 4.22. The first-order chi connectivity index (χ1) is 5.27. The first-order valence-electron chi connectivity index (χ1n) is 4.91. The van der Waals surface area contributed by atoms with E-state index in [4.69, 9.17) is 0 Å². The fraction of sp³-hybridized carbons (Fsp3) is 1.00. The van der Waals surface area contributed by atoms with E-state index >= 15 is 0 Å². The van der Waals surface area contributed by atoms with E-state index in [1.807, 2.05) is 7.05 Å². The summed E-state index contributed by atoms with van der Waals surface area (Å²) in [5.41, 5.74) is 0.705. The van der Waals surface area contributed by atoms with Crippen LogP contribution in [0.4, 0.5) is 0 Å². The van der Waals surface area contributed by atoms with E-state index in [-0.39, 0.29) is 0 Å². The third kappa shape index (κ3) is 2.82. The van der Waals surface area contributed by atoms with Gasteiger partial charge in [0.15, 0.2) is 0 Å². The summed E-state index contributed by atoms with van der Waals surface area (Å²) in [5, 5.41) is 3.21. The van der Waals surface area contributed by atoms with Crippen molar-refractivity contribution in [3.63, 3.8) is 0 Å². The third-order valence-corrected chi connectivity index (χ3v) is 3.02. The molecule has 1 heteroatoms. The molecule has 0 bridgehead atoms. The van der Waals surface area contributed by atoms with Crippen LogP contribution in [0.25, 0.3) is 0 Å². The second-order valence-electron chi connectivity index (χ2n) is 4.22. The van der Waals surface area contributed by atoms with Gasteiger partial charge in [-0.1, -0.05) is 19.8 Å². The Morgan fingerprint density at radius 2 is 1.91 bits per heavy atom. The SMILES string of the molecule is CNCCCC1(C)CCCC1. The van der Waals surface area contributed by atoms with Gasteiger partial charge >= 0.3 is 0 Å². The highest BCUT2D eigenvalue weighted by Gasteiger charge is 2.27. The van der Waals surface area contributed by atoms with Crippen molar-refractivity contribution in [3.05, 3.63) is 0 Å². The summed E-state index contributed by atoms with van der Waals surface area (Å²) in [4.78, 5) is 0. The quantitative estimate of drug-likeness (QED) is 0.615. The maximum absolute atomic E-state index is 3.21. The van der Waals surface area contributed by atoms with Crippen LogP contribution in [0.5, 0.6) is 0 Å². The summed E-state index contributed by atoms with van der Waals surface area (Å²) in [6.45, 7) is 3.64. The highest BCUT2D eigenvalue weighted by Crippen LogP contribution is 2.40. The minimum absolute atomic E-state index is 0.705. The van der Waals surface area contributed by atoms with Crippen molar-refractivity contribution in [2.45, 2.75) is 45.4 Å². The van der Waals surface area contributed by atoms with Gasteiger partial charge in [0.1, 0.15) is 0 Å². The normalized spacial score (nSPS) is 22.4. The Hall–Kier alpha value is -0.0400. The monoisotopic (exact) mass is 155 g/mol. The summed E-state index contributed by atoms with van der Waals surface area (Å²) >= 11 is 0. The van der Waals surface area contributed by atoms with Gasteiger partial charge in [-0.2, -0.15) is 0 Å². The molecule has 0 aromatic carbocycles. The molecule has 0 aliphatic heterocycles. The van der Waals surface area contributed by atoms with Gasteiger partial charge in [0, 0.05) is 0 Å². The molecule has 0 heterocycles. The Kier molecular flexibility index (Phi) is 3.38. The van der Waals surface area contributed by atoms with Gasteiger partial charge in [0.25, 0.3) is 0 Å². The summed E-state index contributed by atoms with van der Waals surface area (Å²) in [7, 11) is 2.04. The maximum atomic E-state index is 3.21. The van der Waals surface area contributed by atoms with E-state index in [1.165, 1.54) is 45.1 Å². The van der Waals surface area contributed by atoms with Crippen molar-refractivity contribution in [1.29, 1.82) is 0 Å². The van der Waals surface area contributed by atoms with Gasteiger partial charge < -0.3 is 5.32 Å². The largest absolute Gasteiger partial charge is 0.320 e. The van der Waals surface area contributed by atoms with Crippen LogP contribution in [-0.4, -0.2) is 13.6 Å². The molecule has 0 spiro atoms. The zero-order chi connectivity index (χ0) is 8.16. The molecule has 1 N–H and O–H groups in total. The second kappa shape index (κ2) is 4.10. The standard InChI is InChI=1S/C10H21N/c1-10(6-3-4-7-10)8-5-9-11-2/h11H,3-9H2,1-2H3. The van der Waals surface area contributed by atoms with Crippen LogP contribution in [0.15, 0.2) is 0 Å². The minimum Gasteiger partial charge on any atom is -0.320 e. The molecule has 0 unspecified atom stereocenters. The van der Waals surface area contributed by atoms with Gasteiger partial charge in [-0.15, -0.1) is 0 Å². The van der Waals surface area contributed by atoms with Crippen molar-refractivity contribution in [1.82, 2.24) is 5.32 Å². The van der Waals surface area contributed by atoms with Crippen LogP contribution in [0, 0.1) is 5.41 Å². The lowest BCUT2D eigenvalue weighted by atomic mass is 9.84. The van der Waals surface area contributed by atoms with E-state index in [0.29, 0.717) is 5.41 Å². The fourth-order valence-electron chi connectivity index (χ4n) is 2.17. The van der Waals surface area contributed by atoms with Crippen molar-refractivity contribution >= 4 is 0 Å². The zero-order valence-corrected chi connectivity index (χ0v) is 7.95. The Labute approximate surface area is 70.6 Å². The molecule has 66 valence electrons. The Morgan fingerprint density at radius 1 is 1.27 bits per heavy atom. The molecule has 0 amide bonds. The zero-order valence-electron chi connectivity index (χ0n) is 7.95. The summed E-state index contributed by atoms with van der Waals surface area (Å²) < 4.78 is 0. The molecular formula is C10H21N. The predicted octanol–water partition coefficient (Wildman–Crippen LogP) is 2.57. The van der Waals surface area contributed by atoms with Gasteiger partial charge in [0.2, 0.25) is 0 Å². The van der Waals surface area contributed by atoms with E-state index in [1.54, 1.807) is 0 Å². The topological polar surface area (TPSA) is 12.0 Å². The molecule has 1 aliphatic carbocycles. The molecule has 0 radical (unpaired) electrons. The molecule has 1 rings (SSSR count). The molecule has 0 atom stereocenters. The highest BCUT2D eigenvalue weighted by molar-refractivity contribution is 4.80.